The summed E-state index contributed by atoms with van der Waals surface area (Å²) in [6.45, 7) is 2.25. The number of nitrogens with zero attached hydrogens (tertiary/aromatic N) is 3. The lowest BCUT2D eigenvalue weighted by Crippen LogP contribution is -2.14. The Morgan fingerprint density at radius 3 is 2.09 bits per heavy atom. The van der Waals surface area contributed by atoms with E-state index in [2.05, 4.69) is 15.5 Å². The van der Waals surface area contributed by atoms with Gasteiger partial charge in [-0.25, -0.2) is 0 Å². The van der Waals surface area contributed by atoms with Gasteiger partial charge in [0.05, 0.1) is 20.0 Å². The number of benzene rings is 3. The molecule has 0 aliphatic heterocycles. The van der Waals surface area contributed by atoms with Gasteiger partial charge in [0.25, 0.3) is 0 Å². The van der Waals surface area contributed by atoms with Crippen LogP contribution in [0.4, 0.5) is 5.69 Å². The molecule has 35 heavy (non-hydrogen) atoms. The van der Waals surface area contributed by atoms with Gasteiger partial charge in [-0.2, -0.15) is 0 Å². The zero-order valence-electron chi connectivity index (χ0n) is 19.7. The van der Waals surface area contributed by atoms with Crippen LogP contribution in [0.25, 0.3) is 5.69 Å². The summed E-state index contributed by atoms with van der Waals surface area (Å²) in [7, 11) is 3.22. The maximum atomic E-state index is 12.6. The van der Waals surface area contributed by atoms with Crippen molar-refractivity contribution in [1.82, 2.24) is 14.8 Å². The number of methoxy groups -OCH3 is 2. The Kier molecular flexibility index (Phi) is 7.89. The molecule has 1 N–H and O–H groups in total. The molecule has 0 fully saturated rings. The first kappa shape index (κ1) is 24.2. The molecule has 0 saturated heterocycles. The van der Waals surface area contributed by atoms with Gasteiger partial charge >= 0.3 is 0 Å². The monoisotopic (exact) mass is 490 g/mol. The van der Waals surface area contributed by atoms with Crippen molar-refractivity contribution in [2.45, 2.75) is 18.7 Å². The number of hydrogen-bond acceptors (Lipinski definition) is 7. The molecule has 180 valence electrons. The van der Waals surface area contributed by atoms with Crippen LogP contribution in [0, 0.1) is 6.92 Å². The molecule has 1 amide bonds. The van der Waals surface area contributed by atoms with E-state index < -0.39 is 0 Å². The molecule has 0 radical (unpaired) electrons. The van der Waals surface area contributed by atoms with E-state index in [1.807, 2.05) is 60.0 Å². The lowest BCUT2D eigenvalue weighted by Gasteiger charge is -2.12. The lowest BCUT2D eigenvalue weighted by atomic mass is 10.2. The second-order valence-electron chi connectivity index (χ2n) is 7.60. The number of amides is 1. The predicted molar refractivity (Wildman–Crippen MR) is 136 cm³/mol. The van der Waals surface area contributed by atoms with Gasteiger partial charge in [0, 0.05) is 11.4 Å². The number of aromatic nitrogens is 3. The summed E-state index contributed by atoms with van der Waals surface area (Å²) >= 11 is 1.30. The number of thioether (sulfide) groups is 1. The Morgan fingerprint density at radius 1 is 0.857 bits per heavy atom. The van der Waals surface area contributed by atoms with Crippen molar-refractivity contribution >= 4 is 23.4 Å². The van der Waals surface area contributed by atoms with Crippen LogP contribution < -0.4 is 19.5 Å². The summed E-state index contributed by atoms with van der Waals surface area (Å²) in [5.74, 6) is 2.85. The number of ether oxygens (including phenoxy) is 3. The lowest BCUT2D eigenvalue weighted by molar-refractivity contribution is -0.113. The molecule has 0 saturated carbocycles. The molecule has 0 unspecified atom stereocenters. The fraction of sp³-hybridized carbons (Fsp3) is 0.192. The third kappa shape index (κ3) is 6.33. The Morgan fingerprint density at radius 2 is 1.46 bits per heavy atom. The first-order valence-electron chi connectivity index (χ1n) is 10.9. The van der Waals surface area contributed by atoms with Crippen molar-refractivity contribution in [3.63, 3.8) is 0 Å². The van der Waals surface area contributed by atoms with Crippen molar-refractivity contribution in [2.24, 2.45) is 0 Å². The molecular formula is C26H26N4O4S. The topological polar surface area (TPSA) is 87.5 Å². The van der Waals surface area contributed by atoms with Gasteiger partial charge in [-0.05, 0) is 67.6 Å². The van der Waals surface area contributed by atoms with Gasteiger partial charge in [-0.1, -0.05) is 29.5 Å². The van der Waals surface area contributed by atoms with Crippen LogP contribution >= 0.6 is 11.8 Å². The first-order chi connectivity index (χ1) is 17.1. The molecule has 4 rings (SSSR count). The number of carbonyl (C=O) groups is 1. The van der Waals surface area contributed by atoms with Gasteiger partial charge in [-0.3, -0.25) is 9.36 Å². The fourth-order valence-electron chi connectivity index (χ4n) is 3.26. The Balaban J connectivity index is 1.49. The molecule has 8 nitrogen and oxygen atoms in total. The van der Waals surface area contributed by atoms with E-state index in [1.165, 1.54) is 11.8 Å². The first-order valence-corrected chi connectivity index (χ1v) is 11.9. The summed E-state index contributed by atoms with van der Waals surface area (Å²) < 4.78 is 18.3. The van der Waals surface area contributed by atoms with Gasteiger partial charge in [-0.15, -0.1) is 10.2 Å². The summed E-state index contributed by atoms with van der Waals surface area (Å²) in [6, 6.07) is 22.6. The summed E-state index contributed by atoms with van der Waals surface area (Å²) in [5, 5.41) is 12.1. The van der Waals surface area contributed by atoms with E-state index in [4.69, 9.17) is 14.2 Å². The van der Waals surface area contributed by atoms with E-state index in [9.17, 15) is 4.79 Å². The number of anilines is 1. The highest BCUT2D eigenvalue weighted by Gasteiger charge is 2.17. The van der Waals surface area contributed by atoms with Crippen molar-refractivity contribution in [3.05, 3.63) is 84.2 Å². The van der Waals surface area contributed by atoms with Crippen LogP contribution in [0.2, 0.25) is 0 Å². The fourth-order valence-corrected chi connectivity index (χ4v) is 4.03. The molecule has 0 aliphatic carbocycles. The van der Waals surface area contributed by atoms with E-state index >= 15 is 0 Å². The normalized spacial score (nSPS) is 10.6. The molecule has 0 spiro atoms. The number of hydrogen-bond donors (Lipinski definition) is 1. The quantitative estimate of drug-likeness (QED) is 0.316. The summed E-state index contributed by atoms with van der Waals surface area (Å²) in [4.78, 5) is 12.6. The average Bonchev–Trinajstić information content (AvgIpc) is 3.30. The van der Waals surface area contributed by atoms with Crippen molar-refractivity contribution < 1.29 is 19.0 Å². The molecule has 0 bridgehead atoms. The number of rotatable bonds is 10. The Bertz CT molecular complexity index is 1260. The highest BCUT2D eigenvalue weighted by molar-refractivity contribution is 7.99. The zero-order valence-corrected chi connectivity index (χ0v) is 20.5. The van der Waals surface area contributed by atoms with E-state index in [0.29, 0.717) is 16.7 Å². The molecular weight excluding hydrogens is 464 g/mol. The predicted octanol–water partition coefficient (Wildman–Crippen LogP) is 4.90. The van der Waals surface area contributed by atoms with Crippen molar-refractivity contribution in [2.75, 3.05) is 25.3 Å². The van der Waals surface area contributed by atoms with Gasteiger partial charge < -0.3 is 19.5 Å². The van der Waals surface area contributed by atoms with Crippen LogP contribution in [-0.2, 0) is 11.4 Å². The van der Waals surface area contributed by atoms with E-state index in [0.717, 1.165) is 28.5 Å². The largest absolute Gasteiger partial charge is 0.497 e. The van der Waals surface area contributed by atoms with E-state index in [1.54, 1.807) is 38.5 Å². The Hall–Kier alpha value is -3.98. The summed E-state index contributed by atoms with van der Waals surface area (Å²) in [6.07, 6.45) is 0. The molecule has 1 aromatic heterocycles. The molecule has 3 aromatic carbocycles. The third-order valence-corrected chi connectivity index (χ3v) is 6.06. The van der Waals surface area contributed by atoms with Crippen molar-refractivity contribution in [1.29, 1.82) is 0 Å². The van der Waals surface area contributed by atoms with Gasteiger partial charge in [0.1, 0.15) is 23.9 Å². The smallest absolute Gasteiger partial charge is 0.234 e. The van der Waals surface area contributed by atoms with Crippen LogP contribution in [0.15, 0.2) is 78.0 Å². The minimum atomic E-state index is -0.151. The number of carbonyl (C=O) groups excluding carboxylic acids is 1. The van der Waals surface area contributed by atoms with Gasteiger partial charge in [0.15, 0.2) is 11.0 Å². The van der Waals surface area contributed by atoms with Crippen LogP contribution in [0.1, 0.15) is 11.4 Å². The van der Waals surface area contributed by atoms with Crippen LogP contribution in [-0.4, -0.2) is 40.6 Å². The molecule has 9 heteroatoms. The second kappa shape index (κ2) is 11.4. The minimum Gasteiger partial charge on any atom is -0.497 e. The highest BCUT2D eigenvalue weighted by atomic mass is 32.2. The molecule has 4 aromatic rings. The van der Waals surface area contributed by atoms with Gasteiger partial charge in [0.2, 0.25) is 5.91 Å². The Labute approximate surface area is 208 Å². The SMILES string of the molecule is COc1ccc(NC(=O)CSc2nnc(COc3ccc(C)cc3)n2-c2ccc(OC)cc2)cc1. The molecule has 0 atom stereocenters. The van der Waals surface area contributed by atoms with Crippen LogP contribution in [0.5, 0.6) is 17.2 Å². The molecule has 1 heterocycles. The number of aryl methyl sites for hydroxylation is 1. The minimum absolute atomic E-state index is 0.151. The average molecular weight is 491 g/mol. The summed E-state index contributed by atoms with van der Waals surface area (Å²) in [5.41, 5.74) is 2.70. The van der Waals surface area contributed by atoms with Crippen molar-refractivity contribution in [3.8, 4) is 22.9 Å². The van der Waals surface area contributed by atoms with Crippen LogP contribution in [0.3, 0.4) is 0 Å². The third-order valence-electron chi connectivity index (χ3n) is 5.13. The maximum absolute atomic E-state index is 12.6. The molecule has 0 aliphatic rings. The highest BCUT2D eigenvalue weighted by Crippen LogP contribution is 2.25. The standard InChI is InChI=1S/C26H26N4O4S/c1-18-4-10-23(11-5-18)34-16-24-28-29-26(30(24)20-8-14-22(33-3)15-9-20)35-17-25(31)27-19-6-12-21(32-2)13-7-19/h4-15H,16-17H2,1-3H3,(H,27,31). The zero-order chi connectivity index (χ0) is 24.6. The maximum Gasteiger partial charge on any atom is 0.234 e. The number of nitrogens with one attached hydrogen (secondary N) is 1. The van der Waals surface area contributed by atoms with E-state index in [-0.39, 0.29) is 18.3 Å². The second-order valence-corrected chi connectivity index (χ2v) is 8.54.